The Kier molecular flexibility index (Phi) is 8.58. The summed E-state index contributed by atoms with van der Waals surface area (Å²) < 4.78 is 15.6. The summed E-state index contributed by atoms with van der Waals surface area (Å²) in [5, 5.41) is 6.32. The lowest BCUT2D eigenvalue weighted by Gasteiger charge is -2.30. The fraction of sp³-hybridized carbons (Fsp3) is 0.0143. The number of benzene rings is 11. The van der Waals surface area contributed by atoms with Crippen LogP contribution in [0.1, 0.15) is 22.3 Å². The molecular weight excluding hydrogens is 947 g/mol. The van der Waals surface area contributed by atoms with Crippen molar-refractivity contribution in [2.75, 3.05) is 0 Å². The highest BCUT2D eigenvalue weighted by Gasteiger charge is 2.52. The van der Waals surface area contributed by atoms with Crippen LogP contribution in [-0.2, 0) is 5.41 Å². The monoisotopic (exact) mass is 985 g/mol. The van der Waals surface area contributed by atoms with Crippen LogP contribution in [0.25, 0.3) is 143 Å². The molecule has 0 N–H and O–H groups in total. The van der Waals surface area contributed by atoms with Crippen molar-refractivity contribution in [3.63, 3.8) is 0 Å². The number of nitrogens with zero attached hydrogens (tertiary/aromatic N) is 3. The van der Waals surface area contributed by atoms with E-state index in [0.29, 0.717) is 17.5 Å². The third-order valence-corrected chi connectivity index (χ3v) is 17.3. The van der Waals surface area contributed by atoms with Gasteiger partial charge in [0.1, 0.15) is 22.3 Å². The Bertz CT molecular complexity index is 4930. The van der Waals surface area contributed by atoms with Crippen LogP contribution in [0, 0.1) is 0 Å². The van der Waals surface area contributed by atoms with Gasteiger partial charge >= 0.3 is 0 Å². The molecule has 352 valence electrons. The maximum Gasteiger partial charge on any atom is 0.164 e. The minimum Gasteiger partial charge on any atom is -0.456 e. The number of rotatable bonds is 5. The van der Waals surface area contributed by atoms with Gasteiger partial charge < -0.3 is 8.83 Å². The molecule has 6 heteroatoms. The average Bonchev–Trinajstić information content (AvgIpc) is 4.45. The first-order chi connectivity index (χ1) is 37.7. The van der Waals surface area contributed by atoms with Crippen molar-refractivity contribution in [2.24, 2.45) is 0 Å². The maximum atomic E-state index is 6.70. The normalized spacial score (nSPS) is 13.1. The molecule has 76 heavy (non-hydrogen) atoms. The fourth-order valence-electron chi connectivity index (χ4n) is 13.0. The first kappa shape index (κ1) is 41.7. The van der Waals surface area contributed by atoms with Crippen LogP contribution in [0.5, 0.6) is 0 Å². The second kappa shape index (κ2) is 15.6. The van der Waals surface area contributed by atoms with Gasteiger partial charge in [-0.05, 0) is 127 Å². The topological polar surface area (TPSA) is 65.0 Å². The minimum absolute atomic E-state index is 0.411. The molecule has 4 aromatic heterocycles. The van der Waals surface area contributed by atoms with Gasteiger partial charge in [0.2, 0.25) is 0 Å². The van der Waals surface area contributed by atoms with Crippen LogP contribution in [0.4, 0.5) is 0 Å². The van der Waals surface area contributed by atoms with Crippen LogP contribution in [0.2, 0.25) is 0 Å². The summed E-state index contributed by atoms with van der Waals surface area (Å²) in [6.07, 6.45) is 0. The lowest BCUT2D eigenvalue weighted by atomic mass is 9.70. The van der Waals surface area contributed by atoms with Crippen LogP contribution < -0.4 is 0 Å². The molecule has 2 aliphatic rings. The predicted molar refractivity (Wildman–Crippen MR) is 311 cm³/mol. The zero-order chi connectivity index (χ0) is 49.6. The zero-order valence-corrected chi connectivity index (χ0v) is 41.4. The third kappa shape index (κ3) is 5.76. The first-order valence-corrected chi connectivity index (χ1v) is 26.5. The van der Waals surface area contributed by atoms with Gasteiger partial charge in [0.15, 0.2) is 17.5 Å². The number of fused-ring (bicyclic) bond motifs is 19. The number of aromatic nitrogens is 3. The molecule has 1 spiro atoms. The molecule has 0 amide bonds. The van der Waals surface area contributed by atoms with Crippen molar-refractivity contribution < 1.29 is 8.83 Å². The number of furan rings is 2. The molecule has 0 bridgehead atoms. The predicted octanol–water partition coefficient (Wildman–Crippen LogP) is 18.7. The summed E-state index contributed by atoms with van der Waals surface area (Å²) in [5.41, 5.74) is 20.5. The van der Waals surface area contributed by atoms with Crippen LogP contribution in [-0.4, -0.2) is 15.0 Å². The Balaban J connectivity index is 0.836. The molecule has 11 aromatic carbocycles. The first-order valence-electron chi connectivity index (χ1n) is 25.7. The van der Waals surface area contributed by atoms with Crippen molar-refractivity contribution in [1.82, 2.24) is 15.0 Å². The lowest BCUT2D eigenvalue weighted by molar-refractivity contribution is 0.668. The molecule has 0 atom stereocenters. The summed E-state index contributed by atoms with van der Waals surface area (Å²) >= 11 is 1.80. The third-order valence-electron chi connectivity index (χ3n) is 16.2. The second-order valence-electron chi connectivity index (χ2n) is 20.1. The van der Waals surface area contributed by atoms with Gasteiger partial charge in [-0.25, -0.2) is 15.0 Å². The minimum atomic E-state index is -0.411. The highest BCUT2D eigenvalue weighted by atomic mass is 32.1. The summed E-state index contributed by atoms with van der Waals surface area (Å²) in [5.74, 6) is 1.72. The van der Waals surface area contributed by atoms with Gasteiger partial charge in [-0.1, -0.05) is 176 Å². The molecule has 0 unspecified atom stereocenters. The summed E-state index contributed by atoms with van der Waals surface area (Å²) in [6.45, 7) is 0. The molecule has 0 fully saturated rings. The van der Waals surface area contributed by atoms with Gasteiger partial charge in [-0.3, -0.25) is 0 Å². The van der Waals surface area contributed by atoms with Crippen LogP contribution in [0.3, 0.4) is 0 Å². The Morgan fingerprint density at radius 1 is 0.289 bits per heavy atom. The maximum absolute atomic E-state index is 6.70. The second-order valence-corrected chi connectivity index (χ2v) is 21.2. The fourth-order valence-corrected chi connectivity index (χ4v) is 14.1. The van der Waals surface area contributed by atoms with Crippen molar-refractivity contribution in [3.05, 3.63) is 259 Å². The van der Waals surface area contributed by atoms with Crippen LogP contribution >= 0.6 is 11.3 Å². The lowest BCUT2D eigenvalue weighted by Crippen LogP contribution is -2.25. The largest absolute Gasteiger partial charge is 0.456 e. The van der Waals surface area contributed by atoms with E-state index in [1.54, 1.807) is 11.3 Å². The van der Waals surface area contributed by atoms with E-state index in [-0.39, 0.29) is 0 Å². The number of thiophene rings is 1. The van der Waals surface area contributed by atoms with Gasteiger partial charge in [-0.2, -0.15) is 0 Å². The van der Waals surface area contributed by atoms with E-state index in [4.69, 9.17) is 23.8 Å². The summed E-state index contributed by atoms with van der Waals surface area (Å²) in [4.78, 5) is 16.1. The van der Waals surface area contributed by atoms with E-state index in [1.807, 2.05) is 42.5 Å². The highest BCUT2D eigenvalue weighted by molar-refractivity contribution is 7.25. The molecule has 0 saturated heterocycles. The summed E-state index contributed by atoms with van der Waals surface area (Å²) in [6, 6.07) is 85.1. The Morgan fingerprint density at radius 3 is 1.54 bits per heavy atom. The van der Waals surface area contributed by atoms with Gasteiger partial charge in [0, 0.05) is 58.4 Å². The van der Waals surface area contributed by atoms with Gasteiger partial charge in [0.25, 0.3) is 0 Å². The molecule has 17 rings (SSSR count). The Hall–Kier alpha value is -9.75. The number of para-hydroxylation sites is 1. The quantitative estimate of drug-likeness (QED) is 0.172. The molecular formula is C70H39N3O2S. The molecule has 0 radical (unpaired) electrons. The Morgan fingerprint density at radius 2 is 0.776 bits per heavy atom. The molecule has 0 saturated carbocycles. The van der Waals surface area contributed by atoms with E-state index in [1.165, 1.54) is 70.2 Å². The van der Waals surface area contributed by atoms with Gasteiger partial charge in [-0.15, -0.1) is 11.3 Å². The summed E-state index contributed by atoms with van der Waals surface area (Å²) in [7, 11) is 0. The van der Waals surface area contributed by atoms with E-state index in [0.717, 1.165) is 77.3 Å². The van der Waals surface area contributed by atoms with E-state index in [9.17, 15) is 0 Å². The molecule has 4 heterocycles. The van der Waals surface area contributed by atoms with Gasteiger partial charge in [0.05, 0.1) is 5.41 Å². The number of hydrogen-bond acceptors (Lipinski definition) is 6. The zero-order valence-electron chi connectivity index (χ0n) is 40.6. The van der Waals surface area contributed by atoms with E-state index in [2.05, 4.69) is 194 Å². The standard InChI is InChI=1S/C70H39N3O2S/c1-6-25-54-45(17-1)46-18-2-7-26-55(46)70(54)56-27-8-3-20-48(56)64-44(22-12-28-57(64)70)42-16-11-15-40(37-42)41-33-35-59-53(38-41)66-51(24-14-31-61(66)75-59)69-72-67(43-34-36-63-52(39-43)47-19-5-10-32-62(47)76-63)71-68(73-69)50-23-13-30-60-65(50)49-21-4-9-29-58(49)74-60/h1-39H. The highest BCUT2D eigenvalue weighted by Crippen LogP contribution is 2.64. The molecule has 15 aromatic rings. The molecule has 0 aliphatic heterocycles. The van der Waals surface area contributed by atoms with Crippen molar-refractivity contribution in [1.29, 1.82) is 0 Å². The Labute approximate surface area is 439 Å². The molecule has 2 aliphatic carbocycles. The van der Waals surface area contributed by atoms with Crippen molar-refractivity contribution >= 4 is 75.4 Å². The smallest absolute Gasteiger partial charge is 0.164 e. The average molecular weight is 986 g/mol. The van der Waals surface area contributed by atoms with Crippen LogP contribution in [0.15, 0.2) is 245 Å². The van der Waals surface area contributed by atoms with E-state index >= 15 is 0 Å². The van der Waals surface area contributed by atoms with E-state index < -0.39 is 5.41 Å². The SMILES string of the molecule is c1cc(-c2ccc3oc4cccc(-c5nc(-c6ccc7sc8ccccc8c7c6)nc(-c6cccc7oc8ccccc8c67)n5)c4c3c2)cc(-c2cccc3c2-c2ccccc2C32c3ccccc3-c3ccccc32)c1. The van der Waals surface area contributed by atoms with Crippen molar-refractivity contribution in [2.45, 2.75) is 5.41 Å². The molecule has 5 nitrogen and oxygen atoms in total. The number of hydrogen-bond donors (Lipinski definition) is 0. The van der Waals surface area contributed by atoms with Crippen molar-refractivity contribution in [3.8, 4) is 78.7 Å².